The summed E-state index contributed by atoms with van der Waals surface area (Å²) in [5.74, 6) is 0.591. The van der Waals surface area contributed by atoms with Gasteiger partial charge in [-0.1, -0.05) is 6.92 Å². The van der Waals surface area contributed by atoms with Gasteiger partial charge in [-0.15, -0.1) is 0 Å². The Morgan fingerprint density at radius 2 is 2.27 bits per heavy atom. The smallest absolute Gasteiger partial charge is 0.242 e. The molecule has 1 aliphatic rings. The summed E-state index contributed by atoms with van der Waals surface area (Å²) in [6, 6.07) is -0.211. The molecule has 0 aliphatic carbocycles. The van der Waals surface area contributed by atoms with Gasteiger partial charge in [0.1, 0.15) is 6.04 Å². The first-order valence-corrected chi connectivity index (χ1v) is 5.63. The lowest BCUT2D eigenvalue weighted by Crippen LogP contribution is -2.53. The van der Waals surface area contributed by atoms with Crippen LogP contribution in [0.1, 0.15) is 26.7 Å². The van der Waals surface area contributed by atoms with Crippen LogP contribution in [0.5, 0.6) is 0 Å². The van der Waals surface area contributed by atoms with Gasteiger partial charge in [-0.05, 0) is 25.7 Å². The highest BCUT2D eigenvalue weighted by Gasteiger charge is 2.30. The largest absolute Gasteiger partial charge is 0.383 e. The van der Waals surface area contributed by atoms with Crippen LogP contribution in [0.2, 0.25) is 0 Å². The number of methoxy groups -OCH3 is 1. The number of likely N-dealkylation sites (tertiary alicyclic amines) is 1. The Balaban J connectivity index is 2.57. The summed E-state index contributed by atoms with van der Waals surface area (Å²) in [7, 11) is 1.56. The average molecular weight is 214 g/mol. The van der Waals surface area contributed by atoms with E-state index in [1.807, 2.05) is 4.90 Å². The Hall–Kier alpha value is -0.610. The molecule has 3 atom stereocenters. The second kappa shape index (κ2) is 5.47. The molecular weight excluding hydrogens is 192 g/mol. The number of nitrogens with zero attached hydrogens (tertiary/aromatic N) is 1. The molecule has 2 N–H and O–H groups in total. The number of rotatable bonds is 3. The summed E-state index contributed by atoms with van der Waals surface area (Å²) >= 11 is 0. The molecule has 1 rings (SSSR count). The molecule has 0 aromatic rings. The summed E-state index contributed by atoms with van der Waals surface area (Å²) in [6.07, 6.45) is 2.28. The summed E-state index contributed by atoms with van der Waals surface area (Å²) < 4.78 is 4.91. The molecule has 0 aromatic carbocycles. The van der Waals surface area contributed by atoms with E-state index < -0.39 is 6.04 Å². The molecule has 15 heavy (non-hydrogen) atoms. The molecule has 1 heterocycles. The molecule has 0 bridgehead atoms. The number of carbonyl (C=O) groups excluding carboxylic acids is 1. The molecule has 0 saturated carbocycles. The number of nitrogens with two attached hydrogens (primary N) is 1. The second-order valence-electron chi connectivity index (χ2n) is 4.45. The standard InChI is InChI=1S/C11H22N2O2/c1-8-5-4-6-13(9(8)2)11(14)10(12)7-15-3/h8-10H,4-7,12H2,1-3H3. The molecule has 0 aromatic heterocycles. The van der Waals surface area contributed by atoms with Gasteiger partial charge >= 0.3 is 0 Å². The number of carbonyl (C=O) groups is 1. The molecule has 4 nitrogen and oxygen atoms in total. The molecule has 4 heteroatoms. The van der Waals surface area contributed by atoms with Gasteiger partial charge in [-0.25, -0.2) is 0 Å². The average Bonchev–Trinajstić information content (AvgIpc) is 2.21. The Morgan fingerprint density at radius 3 is 2.87 bits per heavy atom. The third-order valence-corrected chi connectivity index (χ3v) is 3.32. The summed E-state index contributed by atoms with van der Waals surface area (Å²) in [6.45, 7) is 5.42. The van der Waals surface area contributed by atoms with Crippen LogP contribution in [0, 0.1) is 5.92 Å². The predicted molar refractivity (Wildman–Crippen MR) is 59.4 cm³/mol. The van der Waals surface area contributed by atoms with E-state index in [1.165, 1.54) is 6.42 Å². The minimum atomic E-state index is -0.511. The molecule has 1 aliphatic heterocycles. The van der Waals surface area contributed by atoms with E-state index in [4.69, 9.17) is 10.5 Å². The fourth-order valence-corrected chi connectivity index (χ4v) is 2.11. The lowest BCUT2D eigenvalue weighted by atomic mass is 9.91. The molecule has 1 amide bonds. The molecule has 0 radical (unpaired) electrons. The van der Waals surface area contributed by atoms with E-state index in [2.05, 4.69) is 13.8 Å². The van der Waals surface area contributed by atoms with Crippen molar-refractivity contribution in [3.05, 3.63) is 0 Å². The number of ether oxygens (including phenoxy) is 1. The van der Waals surface area contributed by atoms with Crippen molar-refractivity contribution in [1.29, 1.82) is 0 Å². The van der Waals surface area contributed by atoms with Crippen LogP contribution in [0.3, 0.4) is 0 Å². The Morgan fingerprint density at radius 1 is 1.60 bits per heavy atom. The van der Waals surface area contributed by atoms with Crippen molar-refractivity contribution in [2.24, 2.45) is 11.7 Å². The van der Waals surface area contributed by atoms with E-state index in [0.29, 0.717) is 18.6 Å². The first-order valence-electron chi connectivity index (χ1n) is 5.63. The Bertz CT molecular complexity index is 221. The fraction of sp³-hybridized carbons (Fsp3) is 0.909. The lowest BCUT2D eigenvalue weighted by Gasteiger charge is -2.39. The summed E-state index contributed by atoms with van der Waals surface area (Å²) in [5.41, 5.74) is 5.75. The highest BCUT2D eigenvalue weighted by Crippen LogP contribution is 2.23. The second-order valence-corrected chi connectivity index (χ2v) is 4.45. The van der Waals surface area contributed by atoms with Crippen LogP contribution in [0.4, 0.5) is 0 Å². The first kappa shape index (κ1) is 12.5. The molecule has 1 fully saturated rings. The van der Waals surface area contributed by atoms with E-state index in [9.17, 15) is 4.79 Å². The fourth-order valence-electron chi connectivity index (χ4n) is 2.11. The van der Waals surface area contributed by atoms with Crippen molar-refractivity contribution in [1.82, 2.24) is 4.90 Å². The van der Waals surface area contributed by atoms with Crippen LogP contribution < -0.4 is 5.73 Å². The summed E-state index contributed by atoms with van der Waals surface area (Å²) in [5, 5.41) is 0. The van der Waals surface area contributed by atoms with Gasteiger partial charge in [-0.3, -0.25) is 4.79 Å². The van der Waals surface area contributed by atoms with E-state index in [0.717, 1.165) is 13.0 Å². The minimum Gasteiger partial charge on any atom is -0.383 e. The van der Waals surface area contributed by atoms with Crippen LogP contribution in [-0.4, -0.2) is 43.2 Å². The van der Waals surface area contributed by atoms with Gasteiger partial charge in [0.15, 0.2) is 0 Å². The van der Waals surface area contributed by atoms with Crippen LogP contribution in [0.25, 0.3) is 0 Å². The third-order valence-electron chi connectivity index (χ3n) is 3.32. The zero-order valence-corrected chi connectivity index (χ0v) is 9.90. The van der Waals surface area contributed by atoms with Crippen molar-refractivity contribution >= 4 is 5.91 Å². The van der Waals surface area contributed by atoms with Gasteiger partial charge in [0.25, 0.3) is 0 Å². The molecular formula is C11H22N2O2. The van der Waals surface area contributed by atoms with Crippen molar-refractivity contribution in [3.8, 4) is 0 Å². The zero-order valence-electron chi connectivity index (χ0n) is 9.90. The maximum Gasteiger partial charge on any atom is 0.242 e. The van der Waals surface area contributed by atoms with Crippen LogP contribution >= 0.6 is 0 Å². The van der Waals surface area contributed by atoms with Gasteiger partial charge in [0.05, 0.1) is 6.61 Å². The third kappa shape index (κ3) is 2.92. The maximum atomic E-state index is 12.0. The van der Waals surface area contributed by atoms with Crippen molar-refractivity contribution in [2.45, 2.75) is 38.8 Å². The normalized spacial score (nSPS) is 28.9. The molecule has 0 spiro atoms. The Labute approximate surface area is 91.8 Å². The highest BCUT2D eigenvalue weighted by molar-refractivity contribution is 5.82. The van der Waals surface area contributed by atoms with Gasteiger partial charge in [-0.2, -0.15) is 0 Å². The molecule has 88 valence electrons. The zero-order chi connectivity index (χ0) is 11.4. The number of hydrogen-bond donors (Lipinski definition) is 1. The minimum absolute atomic E-state index is 0.0240. The summed E-state index contributed by atoms with van der Waals surface area (Å²) in [4.78, 5) is 13.9. The SMILES string of the molecule is COCC(N)C(=O)N1CCCC(C)C1C. The highest BCUT2D eigenvalue weighted by atomic mass is 16.5. The van der Waals surface area contributed by atoms with E-state index >= 15 is 0 Å². The van der Waals surface area contributed by atoms with Crippen LogP contribution in [-0.2, 0) is 9.53 Å². The van der Waals surface area contributed by atoms with Crippen molar-refractivity contribution < 1.29 is 9.53 Å². The van der Waals surface area contributed by atoms with Crippen molar-refractivity contribution in [2.75, 3.05) is 20.3 Å². The monoisotopic (exact) mass is 214 g/mol. The maximum absolute atomic E-state index is 12.0. The lowest BCUT2D eigenvalue weighted by molar-refractivity contribution is -0.138. The number of hydrogen-bond acceptors (Lipinski definition) is 3. The first-order chi connectivity index (χ1) is 7.07. The van der Waals surface area contributed by atoms with Gasteiger partial charge in [0.2, 0.25) is 5.91 Å². The van der Waals surface area contributed by atoms with Gasteiger partial charge in [0, 0.05) is 19.7 Å². The molecule has 3 unspecified atom stereocenters. The van der Waals surface area contributed by atoms with Crippen molar-refractivity contribution in [3.63, 3.8) is 0 Å². The van der Waals surface area contributed by atoms with E-state index in [-0.39, 0.29) is 5.91 Å². The van der Waals surface area contributed by atoms with Crippen LogP contribution in [0.15, 0.2) is 0 Å². The quantitative estimate of drug-likeness (QED) is 0.749. The topological polar surface area (TPSA) is 55.6 Å². The molecule has 1 saturated heterocycles. The number of piperidine rings is 1. The number of amides is 1. The van der Waals surface area contributed by atoms with Gasteiger partial charge < -0.3 is 15.4 Å². The Kier molecular flexibility index (Phi) is 4.54. The predicted octanol–water partition coefficient (Wildman–Crippen LogP) is 0.607. The van der Waals surface area contributed by atoms with E-state index in [1.54, 1.807) is 7.11 Å².